The minimum Gasteiger partial charge on any atom is -0.494 e. The first-order valence-electron chi connectivity index (χ1n) is 8.00. The highest BCUT2D eigenvalue weighted by Crippen LogP contribution is 2.22. The zero-order valence-corrected chi connectivity index (χ0v) is 13.6. The molecular weight excluding hydrogens is 300 g/mol. The van der Waals surface area contributed by atoms with Crippen LogP contribution in [0.25, 0.3) is 10.8 Å². The molecule has 0 atom stereocenters. The molecule has 4 heteroatoms. The molecule has 1 amide bonds. The predicted octanol–water partition coefficient (Wildman–Crippen LogP) is 4.29. The molecule has 0 aliphatic carbocycles. The van der Waals surface area contributed by atoms with Crippen molar-refractivity contribution in [2.24, 2.45) is 0 Å². The molecule has 0 spiro atoms. The Bertz CT molecular complexity index is 823. The highest BCUT2D eigenvalue weighted by atomic mass is 16.5. The van der Waals surface area contributed by atoms with E-state index in [1.165, 1.54) is 0 Å². The van der Waals surface area contributed by atoms with Crippen LogP contribution >= 0.6 is 0 Å². The molecule has 2 N–H and O–H groups in total. The molecule has 0 aromatic heterocycles. The molecule has 3 rings (SSSR count). The highest BCUT2D eigenvalue weighted by Gasteiger charge is 2.05. The van der Waals surface area contributed by atoms with Crippen molar-refractivity contribution in [1.82, 2.24) is 0 Å². The van der Waals surface area contributed by atoms with Crippen molar-refractivity contribution in [2.75, 3.05) is 23.8 Å². The van der Waals surface area contributed by atoms with Crippen molar-refractivity contribution in [1.29, 1.82) is 0 Å². The van der Waals surface area contributed by atoms with Gasteiger partial charge in [-0.25, -0.2) is 0 Å². The van der Waals surface area contributed by atoms with Gasteiger partial charge in [-0.1, -0.05) is 36.4 Å². The Morgan fingerprint density at radius 2 is 1.71 bits per heavy atom. The highest BCUT2D eigenvalue weighted by molar-refractivity contribution is 5.97. The lowest BCUT2D eigenvalue weighted by atomic mass is 10.1. The molecule has 4 nitrogen and oxygen atoms in total. The van der Waals surface area contributed by atoms with E-state index in [-0.39, 0.29) is 12.5 Å². The molecule has 3 aromatic carbocycles. The Morgan fingerprint density at radius 3 is 2.50 bits per heavy atom. The second-order valence-corrected chi connectivity index (χ2v) is 5.39. The SMILES string of the molecule is CCOc1ccc(NC(=O)CNc2cccc3ccccc23)cc1. The molecule has 3 aromatic rings. The Kier molecular flexibility index (Phi) is 4.96. The Hall–Kier alpha value is -3.01. The number of ether oxygens (including phenoxy) is 1. The molecule has 0 saturated carbocycles. The van der Waals surface area contributed by atoms with Crippen LogP contribution in [0.3, 0.4) is 0 Å². The van der Waals surface area contributed by atoms with E-state index in [1.54, 1.807) is 0 Å². The van der Waals surface area contributed by atoms with Crippen molar-refractivity contribution in [3.05, 3.63) is 66.7 Å². The zero-order chi connectivity index (χ0) is 16.8. The maximum absolute atomic E-state index is 12.1. The first kappa shape index (κ1) is 15.9. The average molecular weight is 320 g/mol. The van der Waals surface area contributed by atoms with Crippen molar-refractivity contribution in [2.45, 2.75) is 6.92 Å². The number of carbonyl (C=O) groups is 1. The van der Waals surface area contributed by atoms with Crippen LogP contribution in [-0.2, 0) is 4.79 Å². The van der Waals surface area contributed by atoms with Gasteiger partial charge in [0.25, 0.3) is 0 Å². The van der Waals surface area contributed by atoms with E-state index < -0.39 is 0 Å². The summed E-state index contributed by atoms with van der Waals surface area (Å²) < 4.78 is 5.39. The number of fused-ring (bicyclic) bond motifs is 1. The first-order valence-corrected chi connectivity index (χ1v) is 8.00. The minimum absolute atomic E-state index is 0.0907. The largest absolute Gasteiger partial charge is 0.494 e. The molecule has 0 unspecified atom stereocenters. The van der Waals surface area contributed by atoms with Crippen LogP contribution in [0.5, 0.6) is 5.75 Å². The number of benzene rings is 3. The van der Waals surface area contributed by atoms with Crippen LogP contribution in [0.15, 0.2) is 66.7 Å². The fourth-order valence-electron chi connectivity index (χ4n) is 2.56. The molecule has 0 saturated heterocycles. The number of nitrogens with one attached hydrogen (secondary N) is 2. The molecule has 24 heavy (non-hydrogen) atoms. The molecule has 0 aliphatic rings. The third-order valence-electron chi connectivity index (χ3n) is 3.68. The fraction of sp³-hybridized carbons (Fsp3) is 0.150. The molecule has 0 heterocycles. The number of amides is 1. The van der Waals surface area contributed by atoms with Crippen molar-refractivity contribution < 1.29 is 9.53 Å². The summed E-state index contributed by atoms with van der Waals surface area (Å²) in [6, 6.07) is 21.5. The van der Waals surface area contributed by atoms with Gasteiger partial charge in [0, 0.05) is 16.8 Å². The van der Waals surface area contributed by atoms with Crippen LogP contribution in [0.2, 0.25) is 0 Å². The number of hydrogen-bond acceptors (Lipinski definition) is 3. The summed E-state index contributed by atoms with van der Waals surface area (Å²) in [6.07, 6.45) is 0. The summed E-state index contributed by atoms with van der Waals surface area (Å²) in [7, 11) is 0. The Morgan fingerprint density at radius 1 is 0.958 bits per heavy atom. The second-order valence-electron chi connectivity index (χ2n) is 5.39. The lowest BCUT2D eigenvalue weighted by Gasteiger charge is -2.11. The molecule has 0 aliphatic heterocycles. The number of carbonyl (C=O) groups excluding carboxylic acids is 1. The summed E-state index contributed by atoms with van der Waals surface area (Å²) in [4.78, 5) is 12.1. The molecule has 0 bridgehead atoms. The topological polar surface area (TPSA) is 50.4 Å². The summed E-state index contributed by atoms with van der Waals surface area (Å²) in [6.45, 7) is 2.77. The van der Waals surface area contributed by atoms with Crippen LogP contribution in [0, 0.1) is 0 Å². The lowest BCUT2D eigenvalue weighted by molar-refractivity contribution is -0.114. The van der Waals surface area contributed by atoms with Gasteiger partial charge in [0.1, 0.15) is 5.75 Å². The maximum Gasteiger partial charge on any atom is 0.243 e. The summed E-state index contributed by atoms with van der Waals surface area (Å²) in [5.74, 6) is 0.705. The van der Waals surface area contributed by atoms with Crippen LogP contribution in [0.1, 0.15) is 6.92 Å². The van der Waals surface area contributed by atoms with E-state index in [9.17, 15) is 4.79 Å². The van der Waals surface area contributed by atoms with Crippen molar-refractivity contribution in [3.63, 3.8) is 0 Å². The molecule has 0 radical (unpaired) electrons. The maximum atomic E-state index is 12.1. The third-order valence-corrected chi connectivity index (χ3v) is 3.68. The molecular formula is C20H20N2O2. The van der Waals surface area contributed by atoms with Gasteiger partial charge in [-0.3, -0.25) is 4.79 Å². The average Bonchev–Trinajstić information content (AvgIpc) is 2.62. The summed E-state index contributed by atoms with van der Waals surface area (Å²) >= 11 is 0. The Balaban J connectivity index is 1.60. The van der Waals surface area contributed by atoms with E-state index in [0.717, 1.165) is 27.9 Å². The van der Waals surface area contributed by atoms with E-state index >= 15 is 0 Å². The second kappa shape index (κ2) is 7.51. The first-order chi connectivity index (χ1) is 11.8. The van der Waals surface area contributed by atoms with Gasteiger partial charge in [-0.05, 0) is 42.6 Å². The monoisotopic (exact) mass is 320 g/mol. The fourth-order valence-corrected chi connectivity index (χ4v) is 2.56. The Labute approximate surface area is 141 Å². The van der Waals surface area contributed by atoms with E-state index in [4.69, 9.17) is 4.74 Å². The van der Waals surface area contributed by atoms with Crippen LogP contribution in [0.4, 0.5) is 11.4 Å². The van der Waals surface area contributed by atoms with Crippen LogP contribution < -0.4 is 15.4 Å². The number of anilines is 2. The minimum atomic E-state index is -0.0907. The van der Waals surface area contributed by atoms with Gasteiger partial charge >= 0.3 is 0 Å². The van der Waals surface area contributed by atoms with E-state index in [2.05, 4.69) is 22.8 Å². The smallest absolute Gasteiger partial charge is 0.243 e. The zero-order valence-electron chi connectivity index (χ0n) is 13.6. The number of hydrogen-bond donors (Lipinski definition) is 2. The quantitative estimate of drug-likeness (QED) is 0.712. The molecule has 0 fully saturated rings. The van der Waals surface area contributed by atoms with Gasteiger partial charge in [-0.2, -0.15) is 0 Å². The lowest BCUT2D eigenvalue weighted by Crippen LogP contribution is -2.21. The van der Waals surface area contributed by atoms with Gasteiger partial charge < -0.3 is 15.4 Å². The summed E-state index contributed by atoms with van der Waals surface area (Å²) in [5, 5.41) is 8.33. The normalized spacial score (nSPS) is 10.4. The van der Waals surface area contributed by atoms with Gasteiger partial charge in [-0.15, -0.1) is 0 Å². The van der Waals surface area contributed by atoms with Crippen molar-refractivity contribution >= 4 is 28.1 Å². The standard InChI is InChI=1S/C20H20N2O2/c1-2-24-17-12-10-16(11-13-17)22-20(23)14-21-19-9-5-7-15-6-3-4-8-18(15)19/h3-13,21H,2,14H2,1H3,(H,22,23). The van der Waals surface area contributed by atoms with Gasteiger partial charge in [0.2, 0.25) is 5.91 Å². The van der Waals surface area contributed by atoms with E-state index in [1.807, 2.05) is 61.5 Å². The van der Waals surface area contributed by atoms with E-state index in [0.29, 0.717) is 6.61 Å². The van der Waals surface area contributed by atoms with Gasteiger partial charge in [0.05, 0.1) is 13.2 Å². The predicted molar refractivity (Wildman–Crippen MR) is 98.7 cm³/mol. The third kappa shape index (κ3) is 3.84. The summed E-state index contributed by atoms with van der Waals surface area (Å²) in [5.41, 5.74) is 1.71. The van der Waals surface area contributed by atoms with Crippen LogP contribution in [-0.4, -0.2) is 19.1 Å². The van der Waals surface area contributed by atoms with Gasteiger partial charge in [0.15, 0.2) is 0 Å². The molecule has 122 valence electrons. The number of rotatable bonds is 6. The van der Waals surface area contributed by atoms with Crippen molar-refractivity contribution in [3.8, 4) is 5.75 Å².